The highest BCUT2D eigenvalue weighted by Gasteiger charge is 2.28. The number of nitrogens with one attached hydrogen (secondary N) is 1. The van der Waals surface area contributed by atoms with Gasteiger partial charge in [0.2, 0.25) is 0 Å². The van der Waals surface area contributed by atoms with Crippen molar-refractivity contribution < 1.29 is 24.5 Å². The third kappa shape index (κ3) is 6.95. The number of benzene rings is 4. The Morgan fingerprint density at radius 3 is 1.72 bits per heavy atom. The van der Waals surface area contributed by atoms with Crippen molar-refractivity contribution in [2.75, 3.05) is 0 Å². The SMILES string of the molecule is O=C(O)C(NCc1ccccc1)C(O)c1ccc(OCc2ccccc2)c(OCc2ccccc2)c1. The summed E-state index contributed by atoms with van der Waals surface area (Å²) < 4.78 is 12.1. The smallest absolute Gasteiger partial charge is 0.323 e. The van der Waals surface area contributed by atoms with Crippen molar-refractivity contribution in [1.82, 2.24) is 5.32 Å². The number of ether oxygens (including phenoxy) is 2. The summed E-state index contributed by atoms with van der Waals surface area (Å²) in [5.41, 5.74) is 3.32. The topological polar surface area (TPSA) is 88.0 Å². The highest BCUT2D eigenvalue weighted by atomic mass is 16.5. The van der Waals surface area contributed by atoms with Crippen molar-refractivity contribution in [2.24, 2.45) is 0 Å². The number of carboxylic acid groups (broad SMARTS) is 1. The lowest BCUT2D eigenvalue weighted by molar-refractivity contribution is -0.142. The van der Waals surface area contributed by atoms with E-state index in [0.717, 1.165) is 16.7 Å². The highest BCUT2D eigenvalue weighted by molar-refractivity contribution is 5.74. The number of carboxylic acids is 1. The van der Waals surface area contributed by atoms with Crippen molar-refractivity contribution in [2.45, 2.75) is 31.9 Å². The van der Waals surface area contributed by atoms with E-state index < -0.39 is 18.1 Å². The minimum Gasteiger partial charge on any atom is -0.485 e. The van der Waals surface area contributed by atoms with Crippen molar-refractivity contribution in [3.05, 3.63) is 131 Å². The molecule has 4 aromatic carbocycles. The Hall–Kier alpha value is -4.13. The molecule has 0 radical (unpaired) electrons. The summed E-state index contributed by atoms with van der Waals surface area (Å²) >= 11 is 0. The van der Waals surface area contributed by atoms with Gasteiger partial charge in [-0.1, -0.05) is 97.1 Å². The van der Waals surface area contributed by atoms with E-state index in [1.807, 2.05) is 91.0 Å². The van der Waals surface area contributed by atoms with Gasteiger partial charge in [0.25, 0.3) is 0 Å². The molecule has 0 spiro atoms. The molecule has 0 heterocycles. The third-order valence-corrected chi connectivity index (χ3v) is 5.73. The summed E-state index contributed by atoms with van der Waals surface area (Å²) in [4.78, 5) is 12.0. The van der Waals surface area contributed by atoms with Crippen LogP contribution in [0.25, 0.3) is 0 Å². The molecule has 6 nitrogen and oxygen atoms in total. The molecule has 0 saturated carbocycles. The number of aliphatic carboxylic acids is 1. The number of hydrogen-bond acceptors (Lipinski definition) is 5. The van der Waals surface area contributed by atoms with Crippen LogP contribution in [0.15, 0.2) is 109 Å². The summed E-state index contributed by atoms with van der Waals surface area (Å²) in [5, 5.41) is 23.7. The van der Waals surface area contributed by atoms with Crippen LogP contribution in [-0.4, -0.2) is 22.2 Å². The molecule has 3 N–H and O–H groups in total. The van der Waals surface area contributed by atoms with Gasteiger partial charge in [-0.3, -0.25) is 10.1 Å². The molecule has 0 bridgehead atoms. The maximum Gasteiger partial charge on any atom is 0.323 e. The Morgan fingerprint density at radius 2 is 1.19 bits per heavy atom. The Labute approximate surface area is 210 Å². The van der Waals surface area contributed by atoms with E-state index in [1.54, 1.807) is 18.2 Å². The van der Waals surface area contributed by atoms with Crippen molar-refractivity contribution in [3.8, 4) is 11.5 Å². The number of aliphatic hydroxyl groups excluding tert-OH is 1. The van der Waals surface area contributed by atoms with Gasteiger partial charge in [0.1, 0.15) is 25.4 Å². The summed E-state index contributed by atoms with van der Waals surface area (Å²) in [7, 11) is 0. The van der Waals surface area contributed by atoms with Crippen LogP contribution in [-0.2, 0) is 24.6 Å². The molecule has 2 atom stereocenters. The molecule has 0 aliphatic heterocycles. The van der Waals surface area contributed by atoms with Gasteiger partial charge < -0.3 is 19.7 Å². The summed E-state index contributed by atoms with van der Waals surface area (Å²) in [5.74, 6) is -0.206. The van der Waals surface area contributed by atoms with Gasteiger partial charge in [-0.25, -0.2) is 0 Å². The van der Waals surface area contributed by atoms with Crippen LogP contribution in [0, 0.1) is 0 Å². The molecular weight excluding hydrogens is 454 g/mol. The van der Waals surface area contributed by atoms with E-state index in [1.165, 1.54) is 0 Å². The molecule has 0 aliphatic rings. The average Bonchev–Trinajstić information content (AvgIpc) is 2.92. The molecule has 2 unspecified atom stereocenters. The van der Waals surface area contributed by atoms with Crippen LogP contribution >= 0.6 is 0 Å². The fourth-order valence-corrected chi connectivity index (χ4v) is 3.76. The third-order valence-electron chi connectivity index (χ3n) is 5.73. The first-order valence-electron chi connectivity index (χ1n) is 11.8. The number of aliphatic hydroxyl groups is 1. The van der Waals surface area contributed by atoms with Gasteiger partial charge in [-0.15, -0.1) is 0 Å². The van der Waals surface area contributed by atoms with E-state index in [2.05, 4.69) is 5.32 Å². The minimum atomic E-state index is -1.30. The number of rotatable bonds is 12. The van der Waals surface area contributed by atoms with Crippen LogP contribution in [0.1, 0.15) is 28.4 Å². The molecule has 6 heteroatoms. The van der Waals surface area contributed by atoms with Crippen molar-refractivity contribution in [1.29, 1.82) is 0 Å². The first-order chi connectivity index (χ1) is 17.6. The average molecular weight is 484 g/mol. The zero-order valence-electron chi connectivity index (χ0n) is 19.8. The first kappa shape index (κ1) is 25.0. The van der Waals surface area contributed by atoms with Gasteiger partial charge in [0, 0.05) is 6.54 Å². The zero-order valence-corrected chi connectivity index (χ0v) is 19.8. The Bertz CT molecular complexity index is 1230. The number of hydrogen-bond donors (Lipinski definition) is 3. The van der Waals surface area contributed by atoms with Gasteiger partial charge in [-0.2, -0.15) is 0 Å². The van der Waals surface area contributed by atoms with Crippen LogP contribution in [0.3, 0.4) is 0 Å². The predicted octanol–water partition coefficient (Wildman–Crippen LogP) is 5.12. The fourth-order valence-electron chi connectivity index (χ4n) is 3.76. The molecule has 0 aromatic heterocycles. The largest absolute Gasteiger partial charge is 0.485 e. The first-order valence-corrected chi connectivity index (χ1v) is 11.8. The van der Waals surface area contributed by atoms with E-state index in [-0.39, 0.29) is 0 Å². The molecular formula is C30H29NO5. The van der Waals surface area contributed by atoms with Crippen molar-refractivity contribution in [3.63, 3.8) is 0 Å². The molecule has 36 heavy (non-hydrogen) atoms. The summed E-state index contributed by atoms with van der Waals surface area (Å²) in [6.07, 6.45) is -1.30. The lowest BCUT2D eigenvalue weighted by Crippen LogP contribution is -2.41. The molecule has 0 fully saturated rings. The second-order valence-electron chi connectivity index (χ2n) is 8.38. The fraction of sp³-hybridized carbons (Fsp3) is 0.167. The maximum absolute atomic E-state index is 12.0. The van der Waals surface area contributed by atoms with Crippen LogP contribution in [0.2, 0.25) is 0 Å². The quantitative estimate of drug-likeness (QED) is 0.259. The zero-order chi connectivity index (χ0) is 25.2. The van der Waals surface area contributed by atoms with Crippen LogP contribution in [0.5, 0.6) is 11.5 Å². The molecule has 0 amide bonds. The monoisotopic (exact) mass is 483 g/mol. The standard InChI is InChI=1S/C30H29NO5/c32-29(28(30(33)34)31-19-22-10-4-1-5-11-22)25-16-17-26(35-20-23-12-6-2-7-13-23)27(18-25)36-21-24-14-8-3-9-15-24/h1-18,28-29,31-32H,19-21H2,(H,33,34). The Morgan fingerprint density at radius 1 is 0.694 bits per heavy atom. The van der Waals surface area contributed by atoms with Gasteiger partial charge in [-0.05, 0) is 34.4 Å². The number of carbonyl (C=O) groups is 1. The van der Waals surface area contributed by atoms with Crippen LogP contribution in [0.4, 0.5) is 0 Å². The molecule has 0 aliphatic carbocycles. The lowest BCUT2D eigenvalue weighted by atomic mass is 10.0. The molecule has 4 aromatic rings. The highest BCUT2D eigenvalue weighted by Crippen LogP contribution is 2.33. The van der Waals surface area contributed by atoms with E-state index >= 15 is 0 Å². The van der Waals surface area contributed by atoms with E-state index in [0.29, 0.717) is 36.8 Å². The minimum absolute atomic E-state index is 0.302. The molecule has 0 saturated heterocycles. The van der Waals surface area contributed by atoms with Gasteiger partial charge in [0.15, 0.2) is 11.5 Å². The Kier molecular flexibility index (Phi) is 8.70. The van der Waals surface area contributed by atoms with Crippen LogP contribution < -0.4 is 14.8 Å². The van der Waals surface area contributed by atoms with Crippen molar-refractivity contribution >= 4 is 5.97 Å². The summed E-state index contributed by atoms with van der Waals surface area (Å²) in [6.45, 7) is 0.960. The normalized spacial score (nSPS) is 12.5. The second-order valence-corrected chi connectivity index (χ2v) is 8.38. The second kappa shape index (κ2) is 12.5. The molecule has 4 rings (SSSR count). The predicted molar refractivity (Wildman–Crippen MR) is 138 cm³/mol. The van der Waals surface area contributed by atoms with Gasteiger partial charge >= 0.3 is 5.97 Å². The van der Waals surface area contributed by atoms with Gasteiger partial charge in [0.05, 0.1) is 0 Å². The van der Waals surface area contributed by atoms with E-state index in [4.69, 9.17) is 9.47 Å². The van der Waals surface area contributed by atoms with E-state index in [9.17, 15) is 15.0 Å². The molecule has 184 valence electrons. The Balaban J connectivity index is 1.53. The summed E-state index contributed by atoms with van der Waals surface area (Å²) in [6, 6.07) is 32.7. The lowest BCUT2D eigenvalue weighted by Gasteiger charge is -2.22. The maximum atomic E-state index is 12.0.